The molecule has 0 aliphatic carbocycles. The van der Waals surface area contributed by atoms with Crippen molar-refractivity contribution in [3.05, 3.63) is 23.8 Å². The quantitative estimate of drug-likeness (QED) is 0.792. The topological polar surface area (TPSA) is 94.2 Å². The monoisotopic (exact) mass is 308 g/mol. The first kappa shape index (κ1) is 15.6. The largest absolute Gasteiger partial charge is 0.497 e. The molecule has 0 spiro atoms. The van der Waals surface area contributed by atoms with Crippen LogP contribution in [0.25, 0.3) is 0 Å². The van der Waals surface area contributed by atoms with Gasteiger partial charge in [0.1, 0.15) is 11.5 Å². The second-order valence-corrected chi connectivity index (χ2v) is 4.45. The number of esters is 1. The van der Waals surface area contributed by atoms with E-state index in [0.29, 0.717) is 18.0 Å². The van der Waals surface area contributed by atoms with Gasteiger partial charge in [-0.2, -0.15) is 0 Å². The summed E-state index contributed by atoms with van der Waals surface area (Å²) >= 11 is 0. The standard InChI is InChI=1S/C14H16N2O6/c1-20-10-5-9(6-11(7-10)21-2)13(18)22-8-12(17)16-4-3-15-14(16)19/h5-7H,3-4,8H2,1-2H3,(H,15,19). The molecule has 0 saturated carbocycles. The summed E-state index contributed by atoms with van der Waals surface area (Å²) in [5.74, 6) is -0.420. The average molecular weight is 308 g/mol. The van der Waals surface area contributed by atoms with Gasteiger partial charge in [0.25, 0.3) is 5.91 Å². The van der Waals surface area contributed by atoms with E-state index in [0.717, 1.165) is 4.90 Å². The Morgan fingerprint density at radius 2 is 1.82 bits per heavy atom. The van der Waals surface area contributed by atoms with Crippen LogP contribution in [0.15, 0.2) is 18.2 Å². The molecule has 1 heterocycles. The summed E-state index contributed by atoms with van der Waals surface area (Å²) in [5.41, 5.74) is 0.190. The molecule has 0 aromatic heterocycles. The van der Waals surface area contributed by atoms with Crippen molar-refractivity contribution in [3.63, 3.8) is 0 Å². The molecule has 1 fully saturated rings. The number of carbonyl (C=O) groups excluding carboxylic acids is 3. The van der Waals surface area contributed by atoms with Gasteiger partial charge in [0, 0.05) is 19.2 Å². The van der Waals surface area contributed by atoms with E-state index in [1.54, 1.807) is 6.07 Å². The van der Waals surface area contributed by atoms with Gasteiger partial charge in [0.15, 0.2) is 6.61 Å². The molecule has 1 N–H and O–H groups in total. The van der Waals surface area contributed by atoms with Crippen molar-refractivity contribution in [2.24, 2.45) is 0 Å². The van der Waals surface area contributed by atoms with Crippen LogP contribution in [0.2, 0.25) is 0 Å². The lowest BCUT2D eigenvalue weighted by atomic mass is 10.2. The van der Waals surface area contributed by atoms with E-state index in [4.69, 9.17) is 14.2 Å². The molecule has 0 unspecified atom stereocenters. The Hall–Kier alpha value is -2.77. The van der Waals surface area contributed by atoms with Crippen LogP contribution < -0.4 is 14.8 Å². The van der Waals surface area contributed by atoms with Crippen molar-refractivity contribution in [2.45, 2.75) is 0 Å². The van der Waals surface area contributed by atoms with Gasteiger partial charge >= 0.3 is 12.0 Å². The molecule has 0 radical (unpaired) electrons. The van der Waals surface area contributed by atoms with Crippen molar-refractivity contribution in [1.82, 2.24) is 10.2 Å². The number of carbonyl (C=O) groups is 3. The van der Waals surface area contributed by atoms with E-state index in [-0.39, 0.29) is 12.1 Å². The normalized spacial score (nSPS) is 13.5. The van der Waals surface area contributed by atoms with Crippen LogP contribution in [-0.4, -0.2) is 56.7 Å². The molecular weight excluding hydrogens is 292 g/mol. The summed E-state index contributed by atoms with van der Waals surface area (Å²) in [6.07, 6.45) is 0. The average Bonchev–Trinajstić information content (AvgIpc) is 2.97. The lowest BCUT2D eigenvalue weighted by molar-refractivity contribution is -0.130. The minimum atomic E-state index is -0.704. The fourth-order valence-corrected chi connectivity index (χ4v) is 1.92. The third-order valence-corrected chi connectivity index (χ3v) is 3.07. The Kier molecular flexibility index (Phi) is 4.82. The van der Waals surface area contributed by atoms with Crippen molar-refractivity contribution in [1.29, 1.82) is 0 Å². The number of benzene rings is 1. The molecule has 0 atom stereocenters. The fourth-order valence-electron chi connectivity index (χ4n) is 1.92. The molecule has 1 aromatic rings. The van der Waals surface area contributed by atoms with Crippen molar-refractivity contribution in [2.75, 3.05) is 33.9 Å². The fraction of sp³-hybridized carbons (Fsp3) is 0.357. The number of ether oxygens (including phenoxy) is 3. The van der Waals surface area contributed by atoms with E-state index in [1.165, 1.54) is 26.4 Å². The summed E-state index contributed by atoms with van der Waals surface area (Å²) in [4.78, 5) is 36.1. The van der Waals surface area contributed by atoms with Crippen LogP contribution in [0.4, 0.5) is 4.79 Å². The van der Waals surface area contributed by atoms with Crippen molar-refractivity contribution in [3.8, 4) is 11.5 Å². The van der Waals surface area contributed by atoms with Gasteiger partial charge in [-0.3, -0.25) is 9.69 Å². The maximum atomic E-state index is 12.0. The second kappa shape index (κ2) is 6.79. The molecular formula is C14H16N2O6. The van der Waals surface area contributed by atoms with Gasteiger partial charge in [-0.25, -0.2) is 9.59 Å². The van der Waals surface area contributed by atoms with Crippen LogP contribution in [0.1, 0.15) is 10.4 Å². The van der Waals surface area contributed by atoms with Gasteiger partial charge in [-0.1, -0.05) is 0 Å². The Morgan fingerprint density at radius 1 is 1.18 bits per heavy atom. The van der Waals surface area contributed by atoms with Gasteiger partial charge in [-0.15, -0.1) is 0 Å². The first-order chi connectivity index (χ1) is 10.5. The molecule has 8 nitrogen and oxygen atoms in total. The molecule has 1 saturated heterocycles. The summed E-state index contributed by atoms with van der Waals surface area (Å²) in [6, 6.07) is 4.07. The number of urea groups is 1. The number of imide groups is 1. The highest BCUT2D eigenvalue weighted by atomic mass is 16.5. The highest BCUT2D eigenvalue weighted by molar-refractivity contribution is 5.98. The lowest BCUT2D eigenvalue weighted by Crippen LogP contribution is -2.37. The molecule has 22 heavy (non-hydrogen) atoms. The number of methoxy groups -OCH3 is 2. The first-order valence-corrected chi connectivity index (χ1v) is 6.53. The number of hydrogen-bond donors (Lipinski definition) is 1. The van der Waals surface area contributed by atoms with Crippen LogP contribution >= 0.6 is 0 Å². The zero-order valence-electron chi connectivity index (χ0n) is 12.3. The molecule has 118 valence electrons. The zero-order valence-corrected chi connectivity index (χ0v) is 12.3. The minimum absolute atomic E-state index is 0.190. The van der Waals surface area contributed by atoms with E-state index >= 15 is 0 Å². The van der Waals surface area contributed by atoms with Gasteiger partial charge in [-0.05, 0) is 12.1 Å². The van der Waals surface area contributed by atoms with Crippen LogP contribution in [0.5, 0.6) is 11.5 Å². The number of nitrogens with zero attached hydrogens (tertiary/aromatic N) is 1. The van der Waals surface area contributed by atoms with Crippen LogP contribution in [0, 0.1) is 0 Å². The first-order valence-electron chi connectivity index (χ1n) is 6.53. The van der Waals surface area contributed by atoms with E-state index in [1.807, 2.05) is 0 Å². The van der Waals surface area contributed by atoms with E-state index in [9.17, 15) is 14.4 Å². The maximum Gasteiger partial charge on any atom is 0.338 e. The number of hydrogen-bond acceptors (Lipinski definition) is 6. The van der Waals surface area contributed by atoms with Gasteiger partial charge in [0.05, 0.1) is 19.8 Å². The molecule has 1 aliphatic rings. The number of rotatable bonds is 5. The Labute approximate surface area is 126 Å². The molecule has 1 aliphatic heterocycles. The lowest BCUT2D eigenvalue weighted by Gasteiger charge is -2.12. The van der Waals surface area contributed by atoms with E-state index in [2.05, 4.69) is 5.32 Å². The van der Waals surface area contributed by atoms with Crippen LogP contribution in [-0.2, 0) is 9.53 Å². The summed E-state index contributed by atoms with van der Waals surface area (Å²) in [7, 11) is 2.92. The maximum absolute atomic E-state index is 12.0. The van der Waals surface area contributed by atoms with Gasteiger partial charge < -0.3 is 19.5 Å². The van der Waals surface area contributed by atoms with E-state index < -0.39 is 24.5 Å². The predicted molar refractivity (Wildman–Crippen MR) is 74.9 cm³/mol. The molecule has 0 bridgehead atoms. The summed E-state index contributed by atoms with van der Waals surface area (Å²) < 4.78 is 15.0. The minimum Gasteiger partial charge on any atom is -0.497 e. The third-order valence-electron chi connectivity index (χ3n) is 3.07. The Morgan fingerprint density at radius 3 is 2.32 bits per heavy atom. The summed E-state index contributed by atoms with van der Waals surface area (Å²) in [6.45, 7) is 0.152. The second-order valence-electron chi connectivity index (χ2n) is 4.45. The smallest absolute Gasteiger partial charge is 0.338 e. The molecule has 8 heteroatoms. The SMILES string of the molecule is COc1cc(OC)cc(C(=O)OCC(=O)N2CCNC2=O)c1. The van der Waals surface area contributed by atoms with Crippen molar-refractivity contribution < 1.29 is 28.6 Å². The van der Waals surface area contributed by atoms with Gasteiger partial charge in [0.2, 0.25) is 0 Å². The number of nitrogens with one attached hydrogen (secondary N) is 1. The van der Waals surface area contributed by atoms with Crippen LogP contribution in [0.3, 0.4) is 0 Å². The van der Waals surface area contributed by atoms with Crippen molar-refractivity contribution >= 4 is 17.9 Å². The number of amides is 3. The highest BCUT2D eigenvalue weighted by Crippen LogP contribution is 2.22. The Balaban J connectivity index is 2.00. The molecule has 3 amide bonds. The highest BCUT2D eigenvalue weighted by Gasteiger charge is 2.27. The molecule has 1 aromatic carbocycles. The summed E-state index contributed by atoms with van der Waals surface area (Å²) in [5, 5.41) is 2.49. The third kappa shape index (κ3) is 3.46. The Bertz CT molecular complexity index is 579. The molecule has 2 rings (SSSR count). The predicted octanol–water partition coefficient (Wildman–Crippen LogP) is 0.412. The zero-order chi connectivity index (χ0) is 16.1.